The molecule has 2 heteroatoms. The number of hydrogen-bond donors (Lipinski definition) is 0. The van der Waals surface area contributed by atoms with Crippen molar-refractivity contribution in [2.45, 2.75) is 30.9 Å². The topological polar surface area (TPSA) is 0 Å². The largest absolute Gasteiger partial charge is 0.151 e. The second kappa shape index (κ2) is 3.44. The van der Waals surface area contributed by atoms with Crippen LogP contribution in [0.2, 0.25) is 0 Å². The van der Waals surface area contributed by atoms with Crippen molar-refractivity contribution in [2.24, 2.45) is 0 Å². The summed E-state index contributed by atoms with van der Waals surface area (Å²) in [4.78, 5) is 1.44. The first-order valence-electron chi connectivity index (χ1n) is 3.39. The molecule has 0 bridgehead atoms. The van der Waals surface area contributed by atoms with Gasteiger partial charge in [-0.1, -0.05) is 13.8 Å². The number of rotatable bonds is 2. The third-order valence-corrected chi connectivity index (χ3v) is 3.35. The van der Waals surface area contributed by atoms with E-state index in [0.29, 0.717) is 5.25 Å². The average molecular weight is 172 g/mol. The molecule has 1 aromatic heterocycles. The van der Waals surface area contributed by atoms with E-state index in [-0.39, 0.29) is 0 Å². The lowest BCUT2D eigenvalue weighted by molar-refractivity contribution is 1.11. The normalized spacial score (nSPS) is 10.8. The molecule has 10 heavy (non-hydrogen) atoms. The van der Waals surface area contributed by atoms with Gasteiger partial charge >= 0.3 is 0 Å². The Hall–Kier alpha value is 0.0500. The summed E-state index contributed by atoms with van der Waals surface area (Å²) < 4.78 is 0. The molecular weight excluding hydrogens is 160 g/mol. The van der Waals surface area contributed by atoms with E-state index in [1.54, 1.807) is 11.3 Å². The van der Waals surface area contributed by atoms with Crippen molar-refractivity contribution >= 4 is 23.1 Å². The molecule has 0 nitrogen and oxygen atoms in total. The first-order chi connectivity index (χ1) is 4.70. The van der Waals surface area contributed by atoms with Crippen molar-refractivity contribution in [3.63, 3.8) is 0 Å². The zero-order valence-electron chi connectivity index (χ0n) is 6.55. The minimum atomic E-state index is 0.702. The summed E-state index contributed by atoms with van der Waals surface area (Å²) >= 11 is 3.73. The van der Waals surface area contributed by atoms with Gasteiger partial charge in [-0.25, -0.2) is 0 Å². The molecule has 0 spiro atoms. The van der Waals surface area contributed by atoms with Crippen LogP contribution in [-0.4, -0.2) is 5.25 Å². The molecule has 0 aliphatic carbocycles. The zero-order chi connectivity index (χ0) is 7.56. The predicted octanol–water partition coefficient (Wildman–Crippen LogP) is 3.56. The Morgan fingerprint density at radius 2 is 2.10 bits per heavy atom. The summed E-state index contributed by atoms with van der Waals surface area (Å²) in [6.07, 6.45) is 0. The Bertz CT molecular complexity index is 201. The second-order valence-corrected chi connectivity index (χ2v) is 4.95. The molecule has 1 rings (SSSR count). The third-order valence-electron chi connectivity index (χ3n) is 1.17. The van der Waals surface area contributed by atoms with Gasteiger partial charge in [0.15, 0.2) is 0 Å². The smallest absolute Gasteiger partial charge is 0.0211 e. The van der Waals surface area contributed by atoms with Crippen molar-refractivity contribution in [3.8, 4) is 0 Å². The molecule has 0 saturated carbocycles. The minimum Gasteiger partial charge on any atom is -0.151 e. The van der Waals surface area contributed by atoms with Gasteiger partial charge in [0.2, 0.25) is 0 Å². The molecule has 0 aromatic carbocycles. The van der Waals surface area contributed by atoms with Gasteiger partial charge in [-0.15, -0.1) is 11.8 Å². The van der Waals surface area contributed by atoms with Crippen molar-refractivity contribution in [3.05, 3.63) is 16.3 Å². The summed E-state index contributed by atoms with van der Waals surface area (Å²) in [7, 11) is 0. The number of hydrogen-bond acceptors (Lipinski definition) is 2. The van der Waals surface area contributed by atoms with Crippen LogP contribution in [0, 0.1) is 6.92 Å². The fourth-order valence-electron chi connectivity index (χ4n) is 0.724. The van der Waals surface area contributed by atoms with Crippen LogP contribution in [0.1, 0.15) is 19.4 Å². The number of aryl methyl sites for hydroxylation is 1. The maximum Gasteiger partial charge on any atom is 0.0211 e. The maximum atomic E-state index is 2.22. The molecule has 0 amide bonds. The molecule has 0 N–H and O–H groups in total. The van der Waals surface area contributed by atoms with E-state index in [9.17, 15) is 0 Å². The van der Waals surface area contributed by atoms with Gasteiger partial charge in [0.1, 0.15) is 0 Å². The van der Waals surface area contributed by atoms with Crippen LogP contribution in [-0.2, 0) is 0 Å². The summed E-state index contributed by atoms with van der Waals surface area (Å²) in [6.45, 7) is 6.62. The van der Waals surface area contributed by atoms with Crippen molar-refractivity contribution in [1.82, 2.24) is 0 Å². The van der Waals surface area contributed by atoms with E-state index in [1.807, 2.05) is 11.8 Å². The van der Waals surface area contributed by atoms with E-state index in [4.69, 9.17) is 0 Å². The van der Waals surface area contributed by atoms with Gasteiger partial charge in [0.25, 0.3) is 0 Å². The van der Waals surface area contributed by atoms with Crippen molar-refractivity contribution < 1.29 is 0 Å². The number of thiophene rings is 1. The lowest BCUT2D eigenvalue weighted by atomic mass is 10.4. The zero-order valence-corrected chi connectivity index (χ0v) is 8.18. The lowest BCUT2D eigenvalue weighted by Crippen LogP contribution is -1.84. The Morgan fingerprint density at radius 1 is 1.40 bits per heavy atom. The molecule has 0 aliphatic rings. The van der Waals surface area contributed by atoms with E-state index in [1.165, 1.54) is 10.5 Å². The highest BCUT2D eigenvalue weighted by Crippen LogP contribution is 2.28. The molecule has 1 heterocycles. The SMILES string of the molecule is Cc1cscc1SC(C)C. The highest BCUT2D eigenvalue weighted by Gasteiger charge is 2.01. The van der Waals surface area contributed by atoms with Crippen molar-refractivity contribution in [2.75, 3.05) is 0 Å². The molecule has 0 fully saturated rings. The van der Waals surface area contributed by atoms with Crippen molar-refractivity contribution in [1.29, 1.82) is 0 Å². The van der Waals surface area contributed by atoms with Gasteiger partial charge in [-0.3, -0.25) is 0 Å². The van der Waals surface area contributed by atoms with E-state index < -0.39 is 0 Å². The Morgan fingerprint density at radius 3 is 2.50 bits per heavy atom. The quantitative estimate of drug-likeness (QED) is 0.615. The Labute approximate surface area is 70.7 Å². The summed E-state index contributed by atoms with van der Waals surface area (Å²) in [5, 5.41) is 5.12. The first kappa shape index (κ1) is 8.15. The van der Waals surface area contributed by atoms with Crippen LogP contribution >= 0.6 is 23.1 Å². The lowest BCUT2D eigenvalue weighted by Gasteiger charge is -2.01. The Kier molecular flexibility index (Phi) is 2.81. The van der Waals surface area contributed by atoms with E-state index >= 15 is 0 Å². The maximum absolute atomic E-state index is 2.22. The molecular formula is C8H12S2. The molecule has 0 aliphatic heterocycles. The molecule has 56 valence electrons. The number of thioether (sulfide) groups is 1. The van der Waals surface area contributed by atoms with E-state index in [2.05, 4.69) is 31.5 Å². The average Bonchev–Trinajstić information content (AvgIpc) is 2.15. The van der Waals surface area contributed by atoms with Gasteiger partial charge in [0.05, 0.1) is 0 Å². The highest BCUT2D eigenvalue weighted by molar-refractivity contribution is 8.00. The predicted molar refractivity (Wildman–Crippen MR) is 50.0 cm³/mol. The van der Waals surface area contributed by atoms with Crippen LogP contribution in [0.15, 0.2) is 15.7 Å². The van der Waals surface area contributed by atoms with Crippen LogP contribution in [0.5, 0.6) is 0 Å². The van der Waals surface area contributed by atoms with Crippen LogP contribution < -0.4 is 0 Å². The second-order valence-electron chi connectivity index (χ2n) is 2.59. The highest BCUT2D eigenvalue weighted by atomic mass is 32.2. The molecule has 0 saturated heterocycles. The molecule has 0 atom stereocenters. The third kappa shape index (κ3) is 2.03. The molecule has 0 unspecified atom stereocenters. The Balaban J connectivity index is 2.65. The van der Waals surface area contributed by atoms with Gasteiger partial charge in [-0.2, -0.15) is 11.3 Å². The summed E-state index contributed by atoms with van der Waals surface area (Å²) in [5.74, 6) is 0. The molecule has 0 radical (unpaired) electrons. The first-order valence-corrected chi connectivity index (χ1v) is 5.22. The minimum absolute atomic E-state index is 0.702. The summed E-state index contributed by atoms with van der Waals surface area (Å²) in [5.41, 5.74) is 1.42. The fraction of sp³-hybridized carbons (Fsp3) is 0.500. The van der Waals surface area contributed by atoms with E-state index in [0.717, 1.165) is 0 Å². The van der Waals surface area contributed by atoms with Gasteiger partial charge in [0, 0.05) is 15.5 Å². The molecule has 1 aromatic rings. The standard InChI is InChI=1S/C8H12S2/c1-6(2)10-8-5-9-4-7(8)3/h4-6H,1-3H3. The van der Waals surface area contributed by atoms with Crippen LogP contribution in [0.25, 0.3) is 0 Å². The van der Waals surface area contributed by atoms with Crippen LogP contribution in [0.4, 0.5) is 0 Å². The monoisotopic (exact) mass is 172 g/mol. The van der Waals surface area contributed by atoms with Gasteiger partial charge < -0.3 is 0 Å². The van der Waals surface area contributed by atoms with Crippen LogP contribution in [0.3, 0.4) is 0 Å². The fourth-order valence-corrected chi connectivity index (χ4v) is 2.65. The van der Waals surface area contributed by atoms with Gasteiger partial charge in [-0.05, 0) is 17.9 Å². The summed E-state index contributed by atoms with van der Waals surface area (Å²) in [6, 6.07) is 0.